The van der Waals surface area contributed by atoms with Gasteiger partial charge in [-0.2, -0.15) is 0 Å². The molecule has 0 aliphatic carbocycles. The molecule has 5 heteroatoms. The summed E-state index contributed by atoms with van der Waals surface area (Å²) < 4.78 is 0.832. The highest BCUT2D eigenvalue weighted by Gasteiger charge is 2.14. The fraction of sp³-hybridized carbons (Fsp3) is 0.333. The van der Waals surface area contributed by atoms with Gasteiger partial charge >= 0.3 is 0 Å². The molecular weight excluding hydrogens is 248 g/mol. The number of benzene rings is 1. The topological polar surface area (TPSA) is 69.2 Å². The van der Waals surface area contributed by atoms with Gasteiger partial charge in [-0.3, -0.25) is 10.1 Å². The van der Waals surface area contributed by atoms with Crippen LogP contribution >= 0.6 is 15.9 Å². The van der Waals surface area contributed by atoms with Crippen LogP contribution in [0.5, 0.6) is 0 Å². The molecule has 1 atom stereocenters. The van der Waals surface area contributed by atoms with E-state index >= 15 is 0 Å². The molecule has 0 aliphatic heterocycles. The number of nitrogens with zero attached hydrogens (tertiary/aromatic N) is 1. The van der Waals surface area contributed by atoms with Crippen molar-refractivity contribution in [1.82, 2.24) is 0 Å². The molecular formula is C9H11BrN2O2. The van der Waals surface area contributed by atoms with E-state index in [1.165, 1.54) is 6.07 Å². The molecule has 1 aromatic rings. The second-order valence-electron chi connectivity index (χ2n) is 3.21. The van der Waals surface area contributed by atoms with Crippen LogP contribution in [0.4, 0.5) is 5.69 Å². The average molecular weight is 259 g/mol. The quantitative estimate of drug-likeness (QED) is 0.668. The maximum absolute atomic E-state index is 10.7. The molecule has 0 aromatic heterocycles. The summed E-state index contributed by atoms with van der Waals surface area (Å²) in [7, 11) is 0. The predicted octanol–water partition coefficient (Wildman–Crippen LogP) is 2.25. The second kappa shape index (κ2) is 4.52. The van der Waals surface area contributed by atoms with Crippen LogP contribution in [-0.2, 0) is 6.42 Å². The van der Waals surface area contributed by atoms with Crippen molar-refractivity contribution in [2.45, 2.75) is 19.4 Å². The van der Waals surface area contributed by atoms with Gasteiger partial charge in [-0.1, -0.05) is 15.9 Å². The van der Waals surface area contributed by atoms with E-state index < -0.39 is 0 Å². The Hall–Kier alpha value is -0.940. The van der Waals surface area contributed by atoms with E-state index in [4.69, 9.17) is 5.73 Å². The number of hydrogen-bond donors (Lipinski definition) is 1. The highest BCUT2D eigenvalue weighted by Crippen LogP contribution is 2.23. The van der Waals surface area contributed by atoms with Crippen molar-refractivity contribution in [3.05, 3.63) is 38.3 Å². The minimum atomic E-state index is -0.385. The number of halogens is 1. The molecule has 0 heterocycles. The van der Waals surface area contributed by atoms with Crippen LogP contribution < -0.4 is 5.73 Å². The first-order valence-electron chi connectivity index (χ1n) is 4.19. The average Bonchev–Trinajstić information content (AvgIpc) is 2.01. The zero-order valence-electron chi connectivity index (χ0n) is 7.74. The molecule has 0 radical (unpaired) electrons. The normalized spacial score (nSPS) is 12.5. The van der Waals surface area contributed by atoms with Crippen molar-refractivity contribution in [1.29, 1.82) is 0 Å². The Labute approximate surface area is 90.4 Å². The number of rotatable bonds is 3. The Morgan fingerprint density at radius 2 is 2.29 bits per heavy atom. The minimum Gasteiger partial charge on any atom is -0.328 e. The molecule has 0 saturated heterocycles. The summed E-state index contributed by atoms with van der Waals surface area (Å²) >= 11 is 3.27. The lowest BCUT2D eigenvalue weighted by Crippen LogP contribution is -2.18. The van der Waals surface area contributed by atoms with Crippen molar-refractivity contribution >= 4 is 21.6 Å². The molecule has 4 nitrogen and oxygen atoms in total. The summed E-state index contributed by atoms with van der Waals surface area (Å²) in [6, 6.07) is 4.80. The fourth-order valence-corrected chi connectivity index (χ4v) is 1.65. The SMILES string of the molecule is C[C@@H](N)Cc1cc(Br)ccc1[N+](=O)[O-]. The second-order valence-corrected chi connectivity index (χ2v) is 4.13. The van der Waals surface area contributed by atoms with Gasteiger partial charge in [-0.05, 0) is 25.5 Å². The van der Waals surface area contributed by atoms with E-state index in [1.54, 1.807) is 12.1 Å². The summed E-state index contributed by atoms with van der Waals surface area (Å²) in [5.41, 5.74) is 6.40. The molecule has 1 aromatic carbocycles. The summed E-state index contributed by atoms with van der Waals surface area (Å²) in [5, 5.41) is 10.7. The standard InChI is InChI=1S/C9H11BrN2O2/c1-6(11)4-7-5-8(10)2-3-9(7)12(13)14/h2-3,5-6H,4,11H2,1H3/t6-/m1/s1. The zero-order chi connectivity index (χ0) is 10.7. The summed E-state index contributed by atoms with van der Waals surface area (Å²) in [6.45, 7) is 1.82. The van der Waals surface area contributed by atoms with Crippen LogP contribution in [0.3, 0.4) is 0 Å². The van der Waals surface area contributed by atoms with Gasteiger partial charge in [-0.25, -0.2) is 0 Å². The molecule has 0 bridgehead atoms. The molecule has 0 aliphatic rings. The Morgan fingerprint density at radius 1 is 1.64 bits per heavy atom. The van der Waals surface area contributed by atoms with Gasteiger partial charge in [0.1, 0.15) is 0 Å². The van der Waals surface area contributed by atoms with Crippen molar-refractivity contribution in [3.8, 4) is 0 Å². The molecule has 0 unspecified atom stereocenters. The third-order valence-electron chi connectivity index (χ3n) is 1.78. The van der Waals surface area contributed by atoms with Gasteiger partial charge in [0.2, 0.25) is 0 Å². The monoisotopic (exact) mass is 258 g/mol. The number of nitro groups is 1. The maximum atomic E-state index is 10.7. The Balaban J connectivity index is 3.09. The van der Waals surface area contributed by atoms with Crippen molar-refractivity contribution in [2.75, 3.05) is 0 Å². The molecule has 0 fully saturated rings. The van der Waals surface area contributed by atoms with E-state index in [1.807, 2.05) is 6.92 Å². The molecule has 0 amide bonds. The summed E-state index contributed by atoms with van der Waals surface area (Å²) in [4.78, 5) is 10.3. The van der Waals surface area contributed by atoms with Crippen molar-refractivity contribution < 1.29 is 4.92 Å². The summed E-state index contributed by atoms with van der Waals surface area (Å²) in [6.07, 6.45) is 0.510. The molecule has 0 spiro atoms. The first kappa shape index (κ1) is 11.1. The lowest BCUT2D eigenvalue weighted by Gasteiger charge is -2.06. The number of nitrogens with two attached hydrogens (primary N) is 1. The van der Waals surface area contributed by atoms with E-state index in [-0.39, 0.29) is 16.7 Å². The Bertz CT molecular complexity index is 353. The molecule has 2 N–H and O–H groups in total. The van der Waals surface area contributed by atoms with E-state index in [9.17, 15) is 10.1 Å². The van der Waals surface area contributed by atoms with Crippen LogP contribution in [0.2, 0.25) is 0 Å². The van der Waals surface area contributed by atoms with E-state index in [0.29, 0.717) is 12.0 Å². The van der Waals surface area contributed by atoms with Crippen LogP contribution in [-0.4, -0.2) is 11.0 Å². The third kappa shape index (κ3) is 2.78. The third-order valence-corrected chi connectivity index (χ3v) is 2.27. The van der Waals surface area contributed by atoms with Gasteiger partial charge in [0.15, 0.2) is 0 Å². The van der Waals surface area contributed by atoms with Gasteiger partial charge in [-0.15, -0.1) is 0 Å². The molecule has 14 heavy (non-hydrogen) atoms. The lowest BCUT2D eigenvalue weighted by atomic mass is 10.1. The van der Waals surface area contributed by atoms with E-state index in [0.717, 1.165) is 4.47 Å². The van der Waals surface area contributed by atoms with Gasteiger partial charge in [0.25, 0.3) is 5.69 Å². The summed E-state index contributed by atoms with van der Waals surface area (Å²) in [5.74, 6) is 0. The van der Waals surface area contributed by atoms with Crippen molar-refractivity contribution in [2.24, 2.45) is 5.73 Å². The molecule has 1 rings (SSSR count). The smallest absolute Gasteiger partial charge is 0.272 e. The Kier molecular flexibility index (Phi) is 3.60. The minimum absolute atomic E-state index is 0.0806. The van der Waals surface area contributed by atoms with Crippen LogP contribution in [0.15, 0.2) is 22.7 Å². The largest absolute Gasteiger partial charge is 0.328 e. The highest BCUT2D eigenvalue weighted by atomic mass is 79.9. The number of hydrogen-bond acceptors (Lipinski definition) is 3. The molecule has 76 valence electrons. The van der Waals surface area contributed by atoms with Crippen molar-refractivity contribution in [3.63, 3.8) is 0 Å². The number of nitro benzene ring substituents is 1. The van der Waals surface area contributed by atoms with Gasteiger partial charge < -0.3 is 5.73 Å². The van der Waals surface area contributed by atoms with Crippen LogP contribution in [0.1, 0.15) is 12.5 Å². The van der Waals surface area contributed by atoms with Gasteiger partial charge in [0.05, 0.1) is 4.92 Å². The molecule has 0 saturated carbocycles. The fourth-order valence-electron chi connectivity index (χ4n) is 1.24. The van der Waals surface area contributed by atoms with E-state index in [2.05, 4.69) is 15.9 Å². The lowest BCUT2D eigenvalue weighted by molar-refractivity contribution is -0.385. The first-order valence-corrected chi connectivity index (χ1v) is 4.98. The maximum Gasteiger partial charge on any atom is 0.272 e. The Morgan fingerprint density at radius 3 is 2.79 bits per heavy atom. The van der Waals surface area contributed by atoms with Crippen LogP contribution in [0, 0.1) is 10.1 Å². The highest BCUT2D eigenvalue weighted by molar-refractivity contribution is 9.10. The zero-order valence-corrected chi connectivity index (χ0v) is 9.32. The predicted molar refractivity (Wildman–Crippen MR) is 58.1 cm³/mol. The van der Waals surface area contributed by atoms with Crippen LogP contribution in [0.25, 0.3) is 0 Å². The van der Waals surface area contributed by atoms with Gasteiger partial charge in [0, 0.05) is 22.1 Å². The first-order chi connectivity index (χ1) is 6.50.